The maximum atomic E-state index is 13.4. The van der Waals surface area contributed by atoms with Gasteiger partial charge in [-0.25, -0.2) is 4.39 Å². The number of thioether (sulfide) groups is 1. The fourth-order valence-electron chi connectivity index (χ4n) is 4.36. The van der Waals surface area contributed by atoms with Crippen LogP contribution in [0, 0.1) is 5.82 Å². The number of hydrogen-bond donors (Lipinski definition) is 0. The second-order valence-corrected chi connectivity index (χ2v) is 9.07. The first-order chi connectivity index (χ1) is 15.7. The smallest absolute Gasteiger partial charge is 0.237 e. The maximum Gasteiger partial charge on any atom is 0.237 e. The van der Waals surface area contributed by atoms with Crippen LogP contribution in [0.25, 0.3) is 11.4 Å². The summed E-state index contributed by atoms with van der Waals surface area (Å²) in [5.74, 6) is 0.721. The molecule has 3 aromatic rings. The van der Waals surface area contributed by atoms with Gasteiger partial charge in [0.1, 0.15) is 5.82 Å². The van der Waals surface area contributed by atoms with E-state index in [-0.39, 0.29) is 23.6 Å². The van der Waals surface area contributed by atoms with Crippen molar-refractivity contribution in [3.05, 3.63) is 59.9 Å². The molecular formula is C24H25FN4O2S. The molecule has 2 aromatic carbocycles. The van der Waals surface area contributed by atoms with Crippen molar-refractivity contribution >= 4 is 23.4 Å². The summed E-state index contributed by atoms with van der Waals surface area (Å²) in [6, 6.07) is 14.4. The van der Waals surface area contributed by atoms with Crippen molar-refractivity contribution in [3.8, 4) is 11.4 Å². The van der Waals surface area contributed by atoms with Gasteiger partial charge >= 0.3 is 0 Å². The number of hydrogen-bond acceptors (Lipinski definition) is 5. The molecular weight excluding hydrogens is 427 g/mol. The van der Waals surface area contributed by atoms with Crippen LogP contribution in [0.1, 0.15) is 24.8 Å². The summed E-state index contributed by atoms with van der Waals surface area (Å²) in [6.07, 6.45) is 4.08. The van der Waals surface area contributed by atoms with Crippen LogP contribution in [-0.2, 0) is 22.5 Å². The molecule has 1 amide bonds. The van der Waals surface area contributed by atoms with Gasteiger partial charge in [0.25, 0.3) is 0 Å². The molecule has 0 saturated carbocycles. The lowest BCUT2D eigenvalue weighted by Gasteiger charge is -2.29. The Morgan fingerprint density at radius 3 is 2.78 bits per heavy atom. The lowest BCUT2D eigenvalue weighted by Crippen LogP contribution is -2.36. The summed E-state index contributed by atoms with van der Waals surface area (Å²) in [5, 5.41) is 9.43. The van der Waals surface area contributed by atoms with Crippen LogP contribution in [-0.4, -0.2) is 45.7 Å². The normalized spacial score (nSPS) is 18.0. The molecule has 0 spiro atoms. The molecule has 8 heteroatoms. The molecule has 1 atom stereocenters. The van der Waals surface area contributed by atoms with E-state index in [0.29, 0.717) is 17.5 Å². The second kappa shape index (κ2) is 9.42. The summed E-state index contributed by atoms with van der Waals surface area (Å²) in [5.41, 5.74) is 3.02. The van der Waals surface area contributed by atoms with Crippen LogP contribution in [0.5, 0.6) is 0 Å². The minimum absolute atomic E-state index is 0.0668. The van der Waals surface area contributed by atoms with E-state index >= 15 is 0 Å². The third-order valence-electron chi connectivity index (χ3n) is 5.97. The average Bonchev–Trinajstić information content (AvgIpc) is 3.48. The van der Waals surface area contributed by atoms with Crippen LogP contribution >= 0.6 is 11.8 Å². The quantitative estimate of drug-likeness (QED) is 0.521. The molecule has 1 unspecified atom stereocenters. The molecule has 2 aliphatic rings. The number of rotatable bonds is 6. The van der Waals surface area contributed by atoms with Crippen molar-refractivity contribution < 1.29 is 13.9 Å². The Labute approximate surface area is 190 Å². The lowest BCUT2D eigenvalue weighted by molar-refractivity contribution is -0.116. The van der Waals surface area contributed by atoms with Crippen molar-refractivity contribution in [1.29, 1.82) is 0 Å². The molecule has 166 valence electrons. The van der Waals surface area contributed by atoms with Crippen molar-refractivity contribution in [2.24, 2.45) is 0 Å². The van der Waals surface area contributed by atoms with Gasteiger partial charge < -0.3 is 9.64 Å². The second-order valence-electron chi connectivity index (χ2n) is 8.13. The van der Waals surface area contributed by atoms with Gasteiger partial charge in [-0.3, -0.25) is 9.36 Å². The summed E-state index contributed by atoms with van der Waals surface area (Å²) in [7, 11) is 0. The summed E-state index contributed by atoms with van der Waals surface area (Å²) < 4.78 is 21.3. The van der Waals surface area contributed by atoms with Gasteiger partial charge in [0.05, 0.1) is 18.4 Å². The van der Waals surface area contributed by atoms with Gasteiger partial charge in [0.15, 0.2) is 11.0 Å². The zero-order chi connectivity index (χ0) is 21.9. The maximum absolute atomic E-state index is 13.4. The number of halogens is 1. The minimum Gasteiger partial charge on any atom is -0.376 e. The number of nitrogens with zero attached hydrogens (tertiary/aromatic N) is 4. The number of aryl methyl sites for hydroxylation is 1. The van der Waals surface area contributed by atoms with Crippen LogP contribution in [0.15, 0.2) is 53.7 Å². The fourth-order valence-corrected chi connectivity index (χ4v) is 5.19. The molecule has 32 heavy (non-hydrogen) atoms. The topological polar surface area (TPSA) is 60.3 Å². The number of benzene rings is 2. The molecule has 1 saturated heterocycles. The molecule has 1 aromatic heterocycles. The highest BCUT2D eigenvalue weighted by molar-refractivity contribution is 7.99. The first-order valence-electron chi connectivity index (χ1n) is 11.0. The number of para-hydroxylation sites is 1. The fraction of sp³-hybridized carbons (Fsp3) is 0.375. The van der Waals surface area contributed by atoms with Gasteiger partial charge in [-0.05, 0) is 61.6 Å². The van der Waals surface area contributed by atoms with Crippen molar-refractivity contribution in [2.45, 2.75) is 43.5 Å². The third kappa shape index (κ3) is 4.42. The Balaban J connectivity index is 1.36. The Morgan fingerprint density at radius 1 is 1.12 bits per heavy atom. The van der Waals surface area contributed by atoms with Gasteiger partial charge in [-0.1, -0.05) is 30.0 Å². The highest BCUT2D eigenvalue weighted by Gasteiger charge is 2.25. The Bertz CT molecular complexity index is 1100. The standard InChI is InChI=1S/C24H25FN4O2S/c25-19-11-9-18(10-12-19)23-26-27-24(29(23)15-20-7-4-14-31-20)32-16-22(30)28-13-3-6-17-5-1-2-8-21(17)28/h1-2,5,8-12,20H,3-4,6-7,13-16H2. The Hall–Kier alpha value is -2.71. The molecule has 0 aliphatic carbocycles. The summed E-state index contributed by atoms with van der Waals surface area (Å²) in [6.45, 7) is 2.11. The van der Waals surface area contributed by atoms with Crippen LogP contribution in [0.3, 0.4) is 0 Å². The molecule has 3 heterocycles. The molecule has 5 rings (SSSR count). The zero-order valence-electron chi connectivity index (χ0n) is 17.7. The molecule has 0 N–H and O–H groups in total. The number of carbonyl (C=O) groups is 1. The highest BCUT2D eigenvalue weighted by atomic mass is 32.2. The predicted octanol–water partition coefficient (Wildman–Crippen LogP) is 4.33. The van der Waals surface area contributed by atoms with E-state index in [1.54, 1.807) is 12.1 Å². The number of fused-ring (bicyclic) bond motifs is 1. The van der Waals surface area contributed by atoms with E-state index in [0.717, 1.165) is 50.1 Å². The first kappa shape index (κ1) is 21.2. The number of aromatic nitrogens is 3. The monoisotopic (exact) mass is 452 g/mol. The van der Waals surface area contributed by atoms with Gasteiger partial charge in [-0.2, -0.15) is 0 Å². The Morgan fingerprint density at radius 2 is 1.97 bits per heavy atom. The van der Waals surface area contributed by atoms with E-state index in [9.17, 15) is 9.18 Å². The van der Waals surface area contributed by atoms with Crippen molar-refractivity contribution in [1.82, 2.24) is 14.8 Å². The largest absolute Gasteiger partial charge is 0.376 e. The van der Waals surface area contributed by atoms with Crippen molar-refractivity contribution in [3.63, 3.8) is 0 Å². The van der Waals surface area contributed by atoms with Crippen LogP contribution in [0.2, 0.25) is 0 Å². The van der Waals surface area contributed by atoms with Crippen LogP contribution < -0.4 is 4.90 Å². The van der Waals surface area contributed by atoms with Crippen molar-refractivity contribution in [2.75, 3.05) is 23.8 Å². The minimum atomic E-state index is -0.291. The zero-order valence-corrected chi connectivity index (χ0v) is 18.6. The molecule has 1 fully saturated rings. The number of amides is 1. The average molecular weight is 453 g/mol. The van der Waals surface area contributed by atoms with Crippen LogP contribution in [0.4, 0.5) is 10.1 Å². The number of anilines is 1. The van der Waals surface area contributed by atoms with Gasteiger partial charge in [0, 0.05) is 24.4 Å². The van der Waals surface area contributed by atoms with E-state index in [4.69, 9.17) is 4.74 Å². The third-order valence-corrected chi connectivity index (χ3v) is 6.92. The van der Waals surface area contributed by atoms with Gasteiger partial charge in [0.2, 0.25) is 5.91 Å². The predicted molar refractivity (Wildman–Crippen MR) is 122 cm³/mol. The lowest BCUT2D eigenvalue weighted by atomic mass is 10.0. The SMILES string of the molecule is O=C(CSc1nnc(-c2ccc(F)cc2)n1CC1CCCO1)N1CCCc2ccccc21. The van der Waals surface area contributed by atoms with E-state index in [1.807, 2.05) is 27.7 Å². The van der Waals surface area contributed by atoms with E-state index in [1.165, 1.54) is 29.5 Å². The summed E-state index contributed by atoms with van der Waals surface area (Å²) >= 11 is 1.39. The molecule has 0 radical (unpaired) electrons. The Kier molecular flexibility index (Phi) is 6.23. The molecule has 0 bridgehead atoms. The highest BCUT2D eigenvalue weighted by Crippen LogP contribution is 2.30. The summed E-state index contributed by atoms with van der Waals surface area (Å²) in [4.78, 5) is 15.0. The molecule has 2 aliphatic heterocycles. The first-order valence-corrected chi connectivity index (χ1v) is 12.0. The van der Waals surface area contributed by atoms with Gasteiger partial charge in [-0.15, -0.1) is 10.2 Å². The van der Waals surface area contributed by atoms with E-state index in [2.05, 4.69) is 16.3 Å². The molecule has 6 nitrogen and oxygen atoms in total. The number of ether oxygens (including phenoxy) is 1. The number of carbonyl (C=O) groups excluding carboxylic acids is 1. The van der Waals surface area contributed by atoms with E-state index < -0.39 is 0 Å².